The van der Waals surface area contributed by atoms with Gasteiger partial charge in [-0.1, -0.05) is 135 Å². The zero-order valence-electron chi connectivity index (χ0n) is 26.7. The second-order valence-electron chi connectivity index (χ2n) is 11.8. The normalized spacial score (nSPS) is 11.5. The molecule has 0 saturated heterocycles. The van der Waals surface area contributed by atoms with Crippen LogP contribution in [-0.4, -0.2) is 14.5 Å². The number of para-hydroxylation sites is 3. The van der Waals surface area contributed by atoms with Crippen LogP contribution in [0.15, 0.2) is 156 Å². The molecule has 3 heterocycles. The third-order valence-corrected chi connectivity index (χ3v) is 9.19. The summed E-state index contributed by atoms with van der Waals surface area (Å²) in [4.78, 5) is 10.6. The third-order valence-electron chi connectivity index (χ3n) is 9.19. The molecule has 0 aliphatic heterocycles. The quantitative estimate of drug-likeness (QED) is 0.198. The van der Waals surface area contributed by atoms with Crippen LogP contribution in [0.25, 0.3) is 93.8 Å². The van der Waals surface area contributed by atoms with Crippen molar-refractivity contribution in [3.63, 3.8) is 0 Å². The number of hydrogen-bond donors (Lipinski definition) is 0. The van der Waals surface area contributed by atoms with Crippen LogP contribution in [0.5, 0.6) is 0 Å². The van der Waals surface area contributed by atoms with E-state index in [4.69, 9.17) is 14.4 Å². The molecule has 0 bridgehead atoms. The average Bonchev–Trinajstić information content (AvgIpc) is 3.70. The van der Waals surface area contributed by atoms with Gasteiger partial charge in [-0.2, -0.15) is 0 Å². The highest BCUT2D eigenvalue weighted by Gasteiger charge is 2.22. The first-order valence-electron chi connectivity index (χ1n) is 16.5. The minimum Gasteiger partial charge on any atom is -0.456 e. The molecule has 0 atom stereocenters. The van der Waals surface area contributed by atoms with Crippen LogP contribution in [0.3, 0.4) is 0 Å². The Labute approximate surface area is 277 Å². The fourth-order valence-corrected chi connectivity index (χ4v) is 7.16. The summed E-state index contributed by atoms with van der Waals surface area (Å²) in [5.74, 6) is 0.643. The summed E-state index contributed by atoms with van der Waals surface area (Å²) in [6, 6.07) is 53.0. The monoisotopic (exact) mass is 617 g/mol. The lowest BCUT2D eigenvalue weighted by Gasteiger charge is -2.14. The highest BCUT2D eigenvalue weighted by atomic mass is 16.3. The average molecular weight is 618 g/mol. The lowest BCUT2D eigenvalue weighted by atomic mass is 9.97. The third kappa shape index (κ3) is 4.23. The van der Waals surface area contributed by atoms with E-state index >= 15 is 0 Å². The van der Waals surface area contributed by atoms with Crippen LogP contribution in [0.2, 0.25) is 0 Å². The predicted octanol–water partition coefficient (Wildman–Crippen LogP) is 12.1. The van der Waals surface area contributed by atoms with Gasteiger partial charge in [0, 0.05) is 38.1 Å². The molecule has 4 nitrogen and oxygen atoms in total. The standard InChI is InChI=1S/C42H25N3O.C2H6/c1-2-12-26(13-3-1)40-32-16-6-8-21-35(32)43-42(44-40)45-36-25-28-15-5-4-14-27(28)24-34(36)31-20-10-19-30(41(31)45)29-18-11-23-38-39(29)33-17-7-9-22-37(33)46-38;1-2/h1-25H;1-2H3. The van der Waals surface area contributed by atoms with E-state index < -0.39 is 0 Å². The van der Waals surface area contributed by atoms with Crippen molar-refractivity contribution < 1.29 is 4.42 Å². The van der Waals surface area contributed by atoms with Gasteiger partial charge in [-0.3, -0.25) is 4.57 Å². The first-order chi connectivity index (χ1) is 23.8. The molecule has 0 amide bonds. The van der Waals surface area contributed by atoms with Gasteiger partial charge in [0.1, 0.15) is 11.2 Å². The summed E-state index contributed by atoms with van der Waals surface area (Å²) in [6.45, 7) is 4.00. The summed E-state index contributed by atoms with van der Waals surface area (Å²) >= 11 is 0. The Bertz CT molecular complexity index is 2810. The molecule has 228 valence electrons. The smallest absolute Gasteiger partial charge is 0.235 e. The van der Waals surface area contributed by atoms with Gasteiger partial charge in [-0.15, -0.1) is 0 Å². The predicted molar refractivity (Wildman–Crippen MR) is 201 cm³/mol. The van der Waals surface area contributed by atoms with E-state index in [0.29, 0.717) is 5.95 Å². The molecule has 4 heteroatoms. The van der Waals surface area contributed by atoms with E-state index in [-0.39, 0.29) is 0 Å². The van der Waals surface area contributed by atoms with Crippen molar-refractivity contribution in [1.29, 1.82) is 0 Å². The molecule has 10 rings (SSSR count). The Hall–Kier alpha value is -6.26. The van der Waals surface area contributed by atoms with Crippen LogP contribution >= 0.6 is 0 Å². The van der Waals surface area contributed by atoms with E-state index in [9.17, 15) is 0 Å². The van der Waals surface area contributed by atoms with Crippen LogP contribution in [-0.2, 0) is 0 Å². The van der Waals surface area contributed by atoms with Crippen molar-refractivity contribution in [2.24, 2.45) is 0 Å². The molecule has 0 fully saturated rings. The molecule has 0 unspecified atom stereocenters. The summed E-state index contributed by atoms with van der Waals surface area (Å²) in [5, 5.41) is 7.93. The fourth-order valence-electron chi connectivity index (χ4n) is 7.16. The molecule has 0 aliphatic rings. The lowest BCUT2D eigenvalue weighted by Crippen LogP contribution is -2.04. The minimum absolute atomic E-state index is 0.643. The topological polar surface area (TPSA) is 43.9 Å². The van der Waals surface area contributed by atoms with Gasteiger partial charge in [0.05, 0.1) is 22.2 Å². The van der Waals surface area contributed by atoms with E-state index in [1.807, 2.05) is 38.1 Å². The molecule has 48 heavy (non-hydrogen) atoms. The summed E-state index contributed by atoms with van der Waals surface area (Å²) in [5.41, 5.74) is 8.99. The van der Waals surface area contributed by atoms with Gasteiger partial charge < -0.3 is 4.42 Å². The minimum atomic E-state index is 0.643. The Balaban J connectivity index is 0.00000154. The molecule has 10 aromatic rings. The van der Waals surface area contributed by atoms with Crippen molar-refractivity contribution in [3.05, 3.63) is 152 Å². The van der Waals surface area contributed by atoms with E-state index in [2.05, 4.69) is 132 Å². The molecule has 0 saturated carbocycles. The number of fused-ring (bicyclic) bond motifs is 8. The van der Waals surface area contributed by atoms with Crippen LogP contribution in [0.1, 0.15) is 13.8 Å². The zero-order valence-corrected chi connectivity index (χ0v) is 26.7. The summed E-state index contributed by atoms with van der Waals surface area (Å²) < 4.78 is 8.60. The number of aromatic nitrogens is 3. The first kappa shape index (κ1) is 28.0. The Morgan fingerprint density at radius 2 is 1.15 bits per heavy atom. The number of furan rings is 1. The van der Waals surface area contributed by atoms with Gasteiger partial charge in [-0.05, 0) is 46.7 Å². The van der Waals surface area contributed by atoms with Gasteiger partial charge in [0.15, 0.2) is 0 Å². The van der Waals surface area contributed by atoms with Gasteiger partial charge in [0.25, 0.3) is 0 Å². The van der Waals surface area contributed by atoms with Crippen LogP contribution in [0, 0.1) is 0 Å². The van der Waals surface area contributed by atoms with E-state index in [1.54, 1.807) is 0 Å². The zero-order chi connectivity index (χ0) is 32.2. The molecule has 0 N–H and O–H groups in total. The maximum absolute atomic E-state index is 6.33. The molecule has 3 aromatic heterocycles. The lowest BCUT2D eigenvalue weighted by molar-refractivity contribution is 0.669. The molecule has 7 aromatic carbocycles. The molecule has 0 aliphatic carbocycles. The number of benzene rings is 7. The van der Waals surface area contributed by atoms with Crippen molar-refractivity contribution >= 4 is 65.4 Å². The Morgan fingerprint density at radius 1 is 0.500 bits per heavy atom. The number of nitrogens with zero attached hydrogens (tertiary/aromatic N) is 3. The second-order valence-corrected chi connectivity index (χ2v) is 11.8. The van der Waals surface area contributed by atoms with Crippen molar-refractivity contribution in [1.82, 2.24) is 14.5 Å². The van der Waals surface area contributed by atoms with Crippen molar-refractivity contribution in [2.45, 2.75) is 13.8 Å². The van der Waals surface area contributed by atoms with Crippen molar-refractivity contribution in [3.8, 4) is 28.3 Å². The Kier molecular flexibility index (Phi) is 6.54. The maximum atomic E-state index is 6.33. The van der Waals surface area contributed by atoms with Gasteiger partial charge in [-0.25, -0.2) is 9.97 Å². The molecular weight excluding hydrogens is 587 g/mol. The number of rotatable bonds is 3. The Morgan fingerprint density at radius 3 is 2.00 bits per heavy atom. The SMILES string of the molecule is CC.c1ccc(-c2nc(-n3c4cc5ccccc5cc4c4cccc(-c5cccc6oc7ccccc7c56)c43)nc3ccccc23)cc1. The summed E-state index contributed by atoms with van der Waals surface area (Å²) in [6.07, 6.45) is 0. The van der Waals surface area contributed by atoms with Gasteiger partial charge >= 0.3 is 0 Å². The van der Waals surface area contributed by atoms with E-state index in [1.165, 1.54) is 10.8 Å². The molecular formula is C44H31N3O. The van der Waals surface area contributed by atoms with Crippen LogP contribution in [0.4, 0.5) is 0 Å². The highest BCUT2D eigenvalue weighted by Crippen LogP contribution is 2.43. The van der Waals surface area contributed by atoms with Crippen molar-refractivity contribution in [2.75, 3.05) is 0 Å². The van der Waals surface area contributed by atoms with Crippen LogP contribution < -0.4 is 0 Å². The van der Waals surface area contributed by atoms with E-state index in [0.717, 1.165) is 77.0 Å². The second kappa shape index (κ2) is 11.2. The molecule has 0 spiro atoms. The molecule has 0 radical (unpaired) electrons. The summed E-state index contributed by atoms with van der Waals surface area (Å²) in [7, 11) is 0. The van der Waals surface area contributed by atoms with Gasteiger partial charge in [0.2, 0.25) is 5.95 Å². The number of hydrogen-bond acceptors (Lipinski definition) is 3. The maximum Gasteiger partial charge on any atom is 0.235 e. The largest absolute Gasteiger partial charge is 0.456 e. The fraction of sp³-hybridized carbons (Fsp3) is 0.0455. The first-order valence-corrected chi connectivity index (χ1v) is 16.5. The highest BCUT2D eigenvalue weighted by molar-refractivity contribution is 6.20.